The summed E-state index contributed by atoms with van der Waals surface area (Å²) in [6.07, 6.45) is 0. The van der Waals surface area contributed by atoms with Gasteiger partial charge in [-0.05, 0) is 36.8 Å². The van der Waals surface area contributed by atoms with Crippen molar-refractivity contribution >= 4 is 38.3 Å². The molecule has 0 spiro atoms. The lowest BCUT2D eigenvalue weighted by atomic mass is 10.2. The predicted octanol–water partition coefficient (Wildman–Crippen LogP) is 4.35. The molecule has 0 unspecified atom stereocenters. The number of alkyl halides is 2. The van der Waals surface area contributed by atoms with E-state index in [1.54, 1.807) is 0 Å². The number of halogens is 2. The van der Waals surface area contributed by atoms with Crippen LogP contribution in [0.1, 0.15) is 12.5 Å². The molecule has 142 valence electrons. The highest BCUT2D eigenvalue weighted by Crippen LogP contribution is 2.27. The number of thioether (sulfide) groups is 1. The monoisotopic (exact) mass is 409 g/mol. The molecule has 0 saturated carbocycles. The van der Waals surface area contributed by atoms with Crippen LogP contribution in [0.4, 0.5) is 14.6 Å². The van der Waals surface area contributed by atoms with Gasteiger partial charge in [-0.25, -0.2) is 18.4 Å². The lowest BCUT2D eigenvalue weighted by Crippen LogP contribution is -2.11. The average molecular weight is 409 g/mol. The lowest BCUT2D eigenvalue weighted by Gasteiger charge is -2.09. The van der Waals surface area contributed by atoms with Crippen LogP contribution in [0.3, 0.4) is 0 Å². The minimum Gasteiger partial charge on any atom is -0.370 e. The van der Waals surface area contributed by atoms with Crippen molar-refractivity contribution in [2.75, 3.05) is 11.9 Å². The molecule has 0 saturated heterocycles. The quantitative estimate of drug-likeness (QED) is 0.462. The van der Waals surface area contributed by atoms with Gasteiger partial charge in [-0.1, -0.05) is 36.0 Å². The van der Waals surface area contributed by atoms with E-state index in [9.17, 15) is 17.2 Å². The number of sulfone groups is 1. The number of anilines is 1. The van der Waals surface area contributed by atoms with E-state index in [-0.39, 0.29) is 4.90 Å². The molecular weight excluding hydrogens is 392 g/mol. The minimum atomic E-state index is -4.57. The van der Waals surface area contributed by atoms with Gasteiger partial charge in [0, 0.05) is 17.7 Å². The van der Waals surface area contributed by atoms with Crippen molar-refractivity contribution in [3.05, 3.63) is 54.1 Å². The number of benzene rings is 2. The Kier molecular flexibility index (Phi) is 5.91. The number of fused-ring (bicyclic) bond motifs is 1. The fourth-order valence-electron chi connectivity index (χ4n) is 2.45. The van der Waals surface area contributed by atoms with Crippen LogP contribution in [-0.4, -0.2) is 30.7 Å². The van der Waals surface area contributed by atoms with Crippen LogP contribution in [-0.2, 0) is 15.6 Å². The third-order valence-corrected chi connectivity index (χ3v) is 6.10. The summed E-state index contributed by atoms with van der Waals surface area (Å²) in [5.41, 5.74) is 1.61. The molecule has 3 rings (SSSR count). The standard InChI is InChI=1S/C18H17F2N3O2S2/c1-2-21-16-14-5-3-4-6-15(14)22-18(23-16)26-11-12-7-9-13(10-8-12)27(24,25)17(19)20/h3-10,17H,2,11H2,1H3,(H,21,22,23). The summed E-state index contributed by atoms with van der Waals surface area (Å²) in [6, 6.07) is 13.1. The zero-order valence-corrected chi connectivity index (χ0v) is 16.0. The Morgan fingerprint density at radius 1 is 1.07 bits per heavy atom. The Hall–Kier alpha value is -2.26. The van der Waals surface area contributed by atoms with Gasteiger partial charge in [0.1, 0.15) is 5.82 Å². The van der Waals surface area contributed by atoms with E-state index >= 15 is 0 Å². The van der Waals surface area contributed by atoms with Crippen molar-refractivity contribution in [2.24, 2.45) is 0 Å². The second-order valence-corrected chi connectivity index (χ2v) is 8.50. The SMILES string of the molecule is CCNc1nc(SCc2ccc(S(=O)(=O)C(F)F)cc2)nc2ccccc12. The van der Waals surface area contributed by atoms with Gasteiger partial charge in [0.05, 0.1) is 10.4 Å². The van der Waals surface area contributed by atoms with Crippen molar-refractivity contribution in [1.29, 1.82) is 0 Å². The number of hydrogen-bond acceptors (Lipinski definition) is 6. The fourth-order valence-corrected chi connectivity index (χ4v) is 3.98. The van der Waals surface area contributed by atoms with Gasteiger partial charge in [-0.15, -0.1) is 0 Å². The van der Waals surface area contributed by atoms with Crippen molar-refractivity contribution in [1.82, 2.24) is 9.97 Å². The maximum absolute atomic E-state index is 12.6. The first-order valence-corrected chi connectivity index (χ1v) is 10.7. The second kappa shape index (κ2) is 8.18. The Bertz CT molecular complexity index is 1040. The summed E-state index contributed by atoms with van der Waals surface area (Å²) in [6.45, 7) is 2.71. The number of aromatic nitrogens is 2. The Morgan fingerprint density at radius 2 is 1.78 bits per heavy atom. The molecule has 0 aliphatic carbocycles. The van der Waals surface area contributed by atoms with Crippen LogP contribution >= 0.6 is 11.8 Å². The average Bonchev–Trinajstić information content (AvgIpc) is 2.67. The van der Waals surface area contributed by atoms with Gasteiger partial charge in [0.25, 0.3) is 0 Å². The Morgan fingerprint density at radius 3 is 2.44 bits per heavy atom. The molecule has 27 heavy (non-hydrogen) atoms. The zero-order valence-electron chi connectivity index (χ0n) is 14.4. The number of nitrogens with zero attached hydrogens (tertiary/aromatic N) is 2. The second-order valence-electron chi connectivity index (χ2n) is 5.64. The summed E-state index contributed by atoms with van der Waals surface area (Å²) in [7, 11) is -4.57. The Balaban J connectivity index is 1.79. The topological polar surface area (TPSA) is 72.0 Å². The molecule has 9 heteroatoms. The van der Waals surface area contributed by atoms with E-state index in [1.807, 2.05) is 31.2 Å². The molecular formula is C18H17F2N3O2S2. The molecule has 1 heterocycles. The normalized spacial score (nSPS) is 11.9. The molecule has 0 amide bonds. The highest BCUT2D eigenvalue weighted by atomic mass is 32.2. The van der Waals surface area contributed by atoms with E-state index in [0.717, 1.165) is 28.8 Å². The fraction of sp³-hybridized carbons (Fsp3) is 0.222. The maximum Gasteiger partial charge on any atom is 0.341 e. The van der Waals surface area contributed by atoms with Gasteiger partial charge in [-0.3, -0.25) is 0 Å². The first kappa shape index (κ1) is 19.5. The minimum absolute atomic E-state index is 0.386. The predicted molar refractivity (Wildman–Crippen MR) is 103 cm³/mol. The summed E-state index contributed by atoms with van der Waals surface area (Å²) < 4.78 is 48.1. The van der Waals surface area contributed by atoms with Gasteiger partial charge < -0.3 is 5.32 Å². The highest BCUT2D eigenvalue weighted by Gasteiger charge is 2.26. The summed E-state index contributed by atoms with van der Waals surface area (Å²) in [5, 5.41) is 4.73. The van der Waals surface area contributed by atoms with E-state index in [4.69, 9.17) is 0 Å². The van der Waals surface area contributed by atoms with Crippen molar-refractivity contribution in [3.63, 3.8) is 0 Å². The number of para-hydroxylation sites is 1. The largest absolute Gasteiger partial charge is 0.370 e. The molecule has 2 aromatic carbocycles. The number of hydrogen-bond donors (Lipinski definition) is 1. The first-order valence-electron chi connectivity index (χ1n) is 8.16. The summed E-state index contributed by atoms with van der Waals surface area (Å²) in [5.74, 6) is -2.18. The molecule has 0 fully saturated rings. The van der Waals surface area contributed by atoms with E-state index in [2.05, 4.69) is 15.3 Å². The third-order valence-electron chi connectivity index (χ3n) is 3.78. The summed E-state index contributed by atoms with van der Waals surface area (Å²) in [4.78, 5) is 8.67. The van der Waals surface area contributed by atoms with Gasteiger partial charge in [-0.2, -0.15) is 8.78 Å². The molecule has 1 N–H and O–H groups in total. The van der Waals surface area contributed by atoms with Crippen LogP contribution in [0.5, 0.6) is 0 Å². The van der Waals surface area contributed by atoms with Crippen LogP contribution in [0.25, 0.3) is 10.9 Å². The molecule has 0 radical (unpaired) electrons. The molecule has 0 aliphatic heterocycles. The third kappa shape index (κ3) is 4.36. The lowest BCUT2D eigenvalue weighted by molar-refractivity contribution is 0.234. The highest BCUT2D eigenvalue weighted by molar-refractivity contribution is 7.98. The van der Waals surface area contributed by atoms with Crippen LogP contribution in [0.2, 0.25) is 0 Å². The van der Waals surface area contributed by atoms with Crippen LogP contribution < -0.4 is 5.32 Å². The van der Waals surface area contributed by atoms with Crippen molar-refractivity contribution in [2.45, 2.75) is 28.5 Å². The molecule has 5 nitrogen and oxygen atoms in total. The van der Waals surface area contributed by atoms with Crippen LogP contribution in [0, 0.1) is 0 Å². The smallest absolute Gasteiger partial charge is 0.341 e. The van der Waals surface area contributed by atoms with Gasteiger partial charge in [0.2, 0.25) is 9.84 Å². The molecule has 3 aromatic rings. The molecule has 1 aromatic heterocycles. The Labute approximate surface area is 160 Å². The first-order chi connectivity index (χ1) is 12.9. The molecule has 0 bridgehead atoms. The number of nitrogens with one attached hydrogen (secondary N) is 1. The van der Waals surface area contributed by atoms with Crippen molar-refractivity contribution < 1.29 is 17.2 Å². The molecule has 0 aliphatic rings. The van der Waals surface area contributed by atoms with Gasteiger partial charge in [0.15, 0.2) is 5.16 Å². The molecule has 0 atom stereocenters. The zero-order chi connectivity index (χ0) is 19.4. The van der Waals surface area contributed by atoms with Crippen LogP contribution in [0.15, 0.2) is 58.6 Å². The van der Waals surface area contributed by atoms with E-state index < -0.39 is 15.6 Å². The van der Waals surface area contributed by atoms with E-state index in [1.165, 1.54) is 36.0 Å². The maximum atomic E-state index is 12.6. The van der Waals surface area contributed by atoms with Gasteiger partial charge >= 0.3 is 5.76 Å². The number of rotatable bonds is 7. The summed E-state index contributed by atoms with van der Waals surface area (Å²) >= 11 is 1.39. The van der Waals surface area contributed by atoms with E-state index in [0.29, 0.717) is 10.9 Å². The van der Waals surface area contributed by atoms with Crippen molar-refractivity contribution in [3.8, 4) is 0 Å².